The van der Waals surface area contributed by atoms with Gasteiger partial charge < -0.3 is 10.1 Å². The molecule has 0 amide bonds. The molecule has 1 heterocycles. The number of nitrogens with zero attached hydrogens (tertiary/aromatic N) is 1. The number of carboxylic acids is 1. The second-order valence-corrected chi connectivity index (χ2v) is 1.59. The Hall–Kier alpha value is -1.65. The Morgan fingerprint density at radius 3 is 2.80 bits per heavy atom. The van der Waals surface area contributed by atoms with E-state index in [-0.39, 0.29) is 5.69 Å². The molecule has 1 aromatic rings. The lowest BCUT2D eigenvalue weighted by molar-refractivity contribution is 0.0690. The predicted molar refractivity (Wildman–Crippen MR) is 31.8 cm³/mol. The Morgan fingerprint density at radius 1 is 1.70 bits per heavy atom. The fraction of sp³-hybridized carbons (Fsp3) is 0. The molecule has 0 unspecified atom stereocenters. The molecule has 10 heavy (non-hydrogen) atoms. The molecular formula is C5H4N2O3. The molecule has 0 bridgehead atoms. The van der Waals surface area contributed by atoms with Crippen molar-refractivity contribution in [2.24, 2.45) is 0 Å². The molecule has 0 saturated carbocycles. The molecule has 0 radical (unpaired) electrons. The maximum absolute atomic E-state index is 10.4. The zero-order chi connectivity index (χ0) is 7.56. The Bertz CT molecular complexity index is 304. The van der Waals surface area contributed by atoms with Crippen LogP contribution >= 0.6 is 0 Å². The van der Waals surface area contributed by atoms with Gasteiger partial charge >= 0.3 is 11.7 Å². The Labute approximate surface area is 55.4 Å². The molecule has 0 aromatic carbocycles. The molecular weight excluding hydrogens is 136 g/mol. The van der Waals surface area contributed by atoms with Gasteiger partial charge in [-0.05, 0) is 6.07 Å². The van der Waals surface area contributed by atoms with E-state index in [1.165, 1.54) is 12.3 Å². The van der Waals surface area contributed by atoms with Crippen molar-refractivity contribution in [3.8, 4) is 0 Å². The lowest BCUT2D eigenvalue weighted by Crippen LogP contribution is -2.14. The minimum Gasteiger partial charge on any atom is -0.477 e. The highest BCUT2D eigenvalue weighted by molar-refractivity contribution is 5.84. The van der Waals surface area contributed by atoms with Gasteiger partial charge in [0.15, 0.2) is 5.69 Å². The second-order valence-electron chi connectivity index (χ2n) is 1.59. The number of aromatic amines is 1. The van der Waals surface area contributed by atoms with Gasteiger partial charge in [-0.25, -0.2) is 9.59 Å². The highest BCUT2D eigenvalue weighted by Crippen LogP contribution is 1.85. The summed E-state index contributed by atoms with van der Waals surface area (Å²) in [5, 5.41) is 8.29. The van der Waals surface area contributed by atoms with Gasteiger partial charge in [0, 0.05) is 6.20 Å². The lowest BCUT2D eigenvalue weighted by Gasteiger charge is -1.87. The third-order valence-electron chi connectivity index (χ3n) is 0.889. The van der Waals surface area contributed by atoms with Crippen LogP contribution in [-0.2, 0) is 0 Å². The number of carboxylic acid groups (broad SMARTS) is 1. The van der Waals surface area contributed by atoms with Crippen molar-refractivity contribution in [2.75, 3.05) is 0 Å². The number of aromatic nitrogens is 2. The molecule has 1 aromatic heterocycles. The predicted octanol–water partition coefficient (Wildman–Crippen LogP) is -0.532. The highest BCUT2D eigenvalue weighted by atomic mass is 16.4. The van der Waals surface area contributed by atoms with Crippen molar-refractivity contribution in [3.63, 3.8) is 0 Å². The van der Waals surface area contributed by atoms with Crippen LogP contribution < -0.4 is 5.69 Å². The summed E-state index contributed by atoms with van der Waals surface area (Å²) in [4.78, 5) is 25.9. The quantitative estimate of drug-likeness (QED) is 0.549. The molecule has 0 fully saturated rings. The van der Waals surface area contributed by atoms with Crippen molar-refractivity contribution in [1.82, 2.24) is 9.97 Å². The molecule has 52 valence electrons. The van der Waals surface area contributed by atoms with E-state index in [1.807, 2.05) is 0 Å². The van der Waals surface area contributed by atoms with Crippen LogP contribution in [0.25, 0.3) is 0 Å². The summed E-state index contributed by atoms with van der Waals surface area (Å²) >= 11 is 0. The van der Waals surface area contributed by atoms with Gasteiger partial charge in [-0.3, -0.25) is 0 Å². The van der Waals surface area contributed by atoms with Gasteiger partial charge in [0.2, 0.25) is 0 Å². The van der Waals surface area contributed by atoms with Crippen LogP contribution in [0.4, 0.5) is 0 Å². The minimum atomic E-state index is -1.20. The van der Waals surface area contributed by atoms with E-state index >= 15 is 0 Å². The molecule has 5 heteroatoms. The van der Waals surface area contributed by atoms with E-state index in [1.54, 1.807) is 0 Å². The minimum absolute atomic E-state index is 0.247. The summed E-state index contributed by atoms with van der Waals surface area (Å²) in [5.41, 5.74) is -0.899. The average Bonchev–Trinajstić information content (AvgIpc) is 1.88. The topological polar surface area (TPSA) is 83.0 Å². The van der Waals surface area contributed by atoms with Gasteiger partial charge in [0.25, 0.3) is 0 Å². The summed E-state index contributed by atoms with van der Waals surface area (Å²) in [7, 11) is 0. The second kappa shape index (κ2) is 2.30. The summed E-state index contributed by atoms with van der Waals surface area (Å²) < 4.78 is 0. The van der Waals surface area contributed by atoms with Crippen LogP contribution in [0.3, 0.4) is 0 Å². The zero-order valence-electron chi connectivity index (χ0n) is 4.87. The van der Waals surface area contributed by atoms with Gasteiger partial charge in [-0.2, -0.15) is 4.98 Å². The maximum Gasteiger partial charge on any atom is 0.354 e. The molecule has 0 aliphatic rings. The van der Waals surface area contributed by atoms with E-state index in [0.29, 0.717) is 0 Å². The molecule has 0 saturated heterocycles. The van der Waals surface area contributed by atoms with Crippen molar-refractivity contribution >= 4 is 5.97 Å². The fourth-order valence-corrected chi connectivity index (χ4v) is 0.490. The van der Waals surface area contributed by atoms with Crippen molar-refractivity contribution < 1.29 is 9.90 Å². The number of aromatic carboxylic acids is 1. The fourth-order valence-electron chi connectivity index (χ4n) is 0.490. The number of hydrogen-bond donors (Lipinski definition) is 2. The van der Waals surface area contributed by atoms with Crippen molar-refractivity contribution in [3.05, 3.63) is 28.4 Å². The van der Waals surface area contributed by atoms with Crippen LogP contribution in [0.1, 0.15) is 10.5 Å². The van der Waals surface area contributed by atoms with Crippen LogP contribution in [0.2, 0.25) is 0 Å². The summed E-state index contributed by atoms with van der Waals surface area (Å²) in [6, 6.07) is 1.21. The first-order chi connectivity index (χ1) is 4.70. The first-order valence-corrected chi connectivity index (χ1v) is 2.49. The van der Waals surface area contributed by atoms with Crippen LogP contribution in [-0.4, -0.2) is 21.0 Å². The van der Waals surface area contributed by atoms with Gasteiger partial charge in [0.05, 0.1) is 0 Å². The molecule has 0 aliphatic heterocycles. The SMILES string of the molecule is O=C(O)c1cc[nH]c(=O)n1. The van der Waals surface area contributed by atoms with E-state index in [2.05, 4.69) is 9.97 Å². The molecule has 0 atom stereocenters. The normalized spacial score (nSPS) is 9.20. The highest BCUT2D eigenvalue weighted by Gasteiger charge is 2.01. The Balaban J connectivity index is 3.20. The summed E-state index contributed by atoms with van der Waals surface area (Å²) in [6.07, 6.45) is 1.23. The van der Waals surface area contributed by atoms with Gasteiger partial charge in [0.1, 0.15) is 0 Å². The third-order valence-corrected chi connectivity index (χ3v) is 0.889. The summed E-state index contributed by atoms with van der Waals surface area (Å²) in [5.74, 6) is -1.20. The molecule has 5 nitrogen and oxygen atoms in total. The zero-order valence-corrected chi connectivity index (χ0v) is 4.87. The molecule has 2 N–H and O–H groups in total. The third kappa shape index (κ3) is 1.19. The lowest BCUT2D eigenvalue weighted by atomic mass is 10.4. The van der Waals surface area contributed by atoms with E-state index in [9.17, 15) is 9.59 Å². The number of H-pyrrole nitrogens is 1. The smallest absolute Gasteiger partial charge is 0.354 e. The molecule has 1 rings (SSSR count). The van der Waals surface area contributed by atoms with Crippen molar-refractivity contribution in [2.45, 2.75) is 0 Å². The van der Waals surface area contributed by atoms with Crippen molar-refractivity contribution in [1.29, 1.82) is 0 Å². The number of carbonyl (C=O) groups is 1. The molecule has 0 aliphatic carbocycles. The largest absolute Gasteiger partial charge is 0.477 e. The Kier molecular flexibility index (Phi) is 1.49. The monoisotopic (exact) mass is 140 g/mol. The summed E-state index contributed by atoms with van der Waals surface area (Å²) in [6.45, 7) is 0. The standard InChI is InChI=1S/C5H4N2O3/c8-4(9)3-1-2-6-5(10)7-3/h1-2H,(H,8,9)(H,6,7,10). The van der Waals surface area contributed by atoms with E-state index < -0.39 is 11.7 Å². The Morgan fingerprint density at radius 2 is 2.40 bits per heavy atom. The van der Waals surface area contributed by atoms with Gasteiger partial charge in [-0.1, -0.05) is 0 Å². The first kappa shape index (κ1) is 6.47. The number of nitrogens with one attached hydrogen (secondary N) is 1. The first-order valence-electron chi connectivity index (χ1n) is 2.49. The van der Waals surface area contributed by atoms with Crippen LogP contribution in [0.5, 0.6) is 0 Å². The molecule has 0 spiro atoms. The number of rotatable bonds is 1. The van der Waals surface area contributed by atoms with E-state index in [0.717, 1.165) is 0 Å². The van der Waals surface area contributed by atoms with Gasteiger partial charge in [-0.15, -0.1) is 0 Å². The van der Waals surface area contributed by atoms with Crippen LogP contribution in [0.15, 0.2) is 17.1 Å². The maximum atomic E-state index is 10.4. The average molecular weight is 140 g/mol. The van der Waals surface area contributed by atoms with E-state index in [4.69, 9.17) is 5.11 Å². The van der Waals surface area contributed by atoms with Crippen LogP contribution in [0, 0.1) is 0 Å². The number of hydrogen-bond acceptors (Lipinski definition) is 3.